The number of piperidine rings is 1. The maximum absolute atomic E-state index is 13.4. The Morgan fingerprint density at radius 2 is 1.94 bits per heavy atom. The molecule has 2 heterocycles. The van der Waals surface area contributed by atoms with Gasteiger partial charge in [-0.15, -0.1) is 0 Å². The van der Waals surface area contributed by atoms with Crippen molar-refractivity contribution in [2.45, 2.75) is 57.4 Å². The monoisotopic (exact) mass is 483 g/mol. The lowest BCUT2D eigenvalue weighted by Crippen LogP contribution is -2.45. The normalized spacial score (nSPS) is 20.7. The highest BCUT2D eigenvalue weighted by molar-refractivity contribution is 7.89. The summed E-state index contributed by atoms with van der Waals surface area (Å²) in [5, 5.41) is 2.99. The molecule has 0 unspecified atom stereocenters. The first-order valence-electron chi connectivity index (χ1n) is 11.9. The molecule has 0 spiro atoms. The minimum Gasteiger partial charge on any atom is -0.355 e. The first-order valence-corrected chi connectivity index (χ1v) is 13.4. The number of aryl methyl sites for hydroxylation is 1. The minimum absolute atomic E-state index is 0.00770. The van der Waals surface area contributed by atoms with Crippen molar-refractivity contribution in [3.05, 3.63) is 59.2 Å². The summed E-state index contributed by atoms with van der Waals surface area (Å²) >= 11 is 0. The molecule has 2 aromatic carbocycles. The summed E-state index contributed by atoms with van der Waals surface area (Å²) in [6.07, 6.45) is 2.70. The van der Waals surface area contributed by atoms with E-state index in [2.05, 4.69) is 11.4 Å². The van der Waals surface area contributed by atoms with Crippen molar-refractivity contribution in [2.75, 3.05) is 24.5 Å². The summed E-state index contributed by atoms with van der Waals surface area (Å²) < 4.78 is 28.2. The Morgan fingerprint density at radius 1 is 1.15 bits per heavy atom. The molecule has 0 bridgehead atoms. The van der Waals surface area contributed by atoms with E-state index in [-0.39, 0.29) is 35.2 Å². The van der Waals surface area contributed by atoms with Crippen LogP contribution in [-0.2, 0) is 32.5 Å². The predicted octanol–water partition coefficient (Wildman–Crippen LogP) is 3.05. The number of hydrogen-bond acceptors (Lipinski definition) is 4. The fourth-order valence-corrected chi connectivity index (χ4v) is 6.69. The molecule has 0 radical (unpaired) electrons. The van der Waals surface area contributed by atoms with Gasteiger partial charge in [0.2, 0.25) is 21.8 Å². The second-order valence-corrected chi connectivity index (χ2v) is 11.4. The van der Waals surface area contributed by atoms with E-state index in [0.29, 0.717) is 32.4 Å². The van der Waals surface area contributed by atoms with Gasteiger partial charge >= 0.3 is 0 Å². The van der Waals surface area contributed by atoms with Crippen LogP contribution in [0.4, 0.5) is 5.69 Å². The summed E-state index contributed by atoms with van der Waals surface area (Å²) in [6.45, 7) is 6.65. The van der Waals surface area contributed by atoms with Crippen LogP contribution in [0.25, 0.3) is 0 Å². The number of carbonyl (C=O) groups is 2. The largest absolute Gasteiger partial charge is 0.355 e. The molecule has 4 rings (SSSR count). The molecule has 182 valence electrons. The van der Waals surface area contributed by atoms with Crippen LogP contribution in [0.15, 0.2) is 47.4 Å². The zero-order valence-corrected chi connectivity index (χ0v) is 20.9. The van der Waals surface area contributed by atoms with Gasteiger partial charge in [0.15, 0.2) is 0 Å². The van der Waals surface area contributed by atoms with Gasteiger partial charge in [0.25, 0.3) is 0 Å². The molecule has 8 heteroatoms. The van der Waals surface area contributed by atoms with Gasteiger partial charge in [-0.25, -0.2) is 8.42 Å². The minimum atomic E-state index is -3.72. The second-order valence-electron chi connectivity index (χ2n) is 9.46. The van der Waals surface area contributed by atoms with E-state index < -0.39 is 10.0 Å². The number of anilines is 1. The van der Waals surface area contributed by atoms with Crippen LogP contribution in [0.5, 0.6) is 0 Å². The molecule has 2 amide bonds. The molecule has 2 aliphatic rings. The van der Waals surface area contributed by atoms with E-state index in [1.54, 1.807) is 23.1 Å². The Morgan fingerprint density at radius 3 is 2.68 bits per heavy atom. The summed E-state index contributed by atoms with van der Waals surface area (Å²) in [7, 11) is -3.72. The van der Waals surface area contributed by atoms with Gasteiger partial charge in [0.05, 0.1) is 10.8 Å². The molecule has 2 atom stereocenters. The van der Waals surface area contributed by atoms with E-state index in [1.165, 1.54) is 22.4 Å². The Hall–Kier alpha value is -2.71. The Kier molecular flexibility index (Phi) is 7.09. The van der Waals surface area contributed by atoms with E-state index in [9.17, 15) is 18.0 Å². The van der Waals surface area contributed by atoms with Gasteiger partial charge in [0, 0.05) is 38.3 Å². The summed E-state index contributed by atoms with van der Waals surface area (Å²) in [5.74, 6) is -0.495. The Labute approximate surface area is 202 Å². The average Bonchev–Trinajstić information content (AvgIpc) is 3.14. The Balaban J connectivity index is 1.41. The molecule has 0 aromatic heterocycles. The molecule has 1 N–H and O–H groups in total. The number of benzene rings is 2. The topological polar surface area (TPSA) is 86.8 Å². The number of carbonyl (C=O) groups excluding carboxylic acids is 2. The van der Waals surface area contributed by atoms with E-state index in [1.807, 2.05) is 32.0 Å². The lowest BCUT2D eigenvalue weighted by molar-refractivity contribution is -0.126. The van der Waals surface area contributed by atoms with Crippen molar-refractivity contribution in [3.63, 3.8) is 0 Å². The predicted molar refractivity (Wildman–Crippen MR) is 132 cm³/mol. The van der Waals surface area contributed by atoms with Crippen molar-refractivity contribution in [2.24, 2.45) is 5.92 Å². The van der Waals surface area contributed by atoms with Gasteiger partial charge in [-0.1, -0.05) is 29.8 Å². The van der Waals surface area contributed by atoms with Crippen molar-refractivity contribution in [1.82, 2.24) is 9.62 Å². The fourth-order valence-electron chi connectivity index (χ4n) is 5.11. The summed E-state index contributed by atoms with van der Waals surface area (Å²) in [5.41, 5.74) is 4.00. The SMILES string of the molecule is CC(=O)N1c2ccc(S(=O)(=O)N3CCC[C@@H](C(=O)NCCc4cccc(C)c4)C3)cc2C[C@H]1C. The molecule has 1 fully saturated rings. The van der Waals surface area contributed by atoms with Crippen LogP contribution in [0, 0.1) is 12.8 Å². The first kappa shape index (κ1) is 24.4. The molecule has 34 heavy (non-hydrogen) atoms. The van der Waals surface area contributed by atoms with Gasteiger partial charge in [-0.3, -0.25) is 9.59 Å². The lowest BCUT2D eigenvalue weighted by atomic mass is 9.98. The van der Waals surface area contributed by atoms with E-state index in [0.717, 1.165) is 17.7 Å². The van der Waals surface area contributed by atoms with Gasteiger partial charge in [-0.05, 0) is 68.9 Å². The quantitative estimate of drug-likeness (QED) is 0.684. The highest BCUT2D eigenvalue weighted by Gasteiger charge is 2.35. The smallest absolute Gasteiger partial charge is 0.243 e. The number of nitrogens with zero attached hydrogens (tertiary/aromatic N) is 2. The van der Waals surface area contributed by atoms with Crippen LogP contribution in [0.1, 0.15) is 43.4 Å². The third-order valence-electron chi connectivity index (χ3n) is 6.79. The standard InChI is InChI=1S/C26H33N3O4S/c1-18-6-4-7-21(14-18)11-12-27-26(31)22-8-5-13-28(17-22)34(32,33)24-9-10-25-23(16-24)15-19(2)29(25)20(3)30/h4,6-7,9-10,14,16,19,22H,5,8,11-13,15,17H2,1-3H3,(H,27,31)/t19-,22-/m1/s1. The highest BCUT2D eigenvalue weighted by atomic mass is 32.2. The van der Waals surface area contributed by atoms with Crippen LogP contribution in [-0.4, -0.2) is 50.2 Å². The zero-order valence-electron chi connectivity index (χ0n) is 20.1. The third-order valence-corrected chi connectivity index (χ3v) is 8.66. The number of amides is 2. The second kappa shape index (κ2) is 9.88. The number of fused-ring (bicyclic) bond motifs is 1. The van der Waals surface area contributed by atoms with Gasteiger partial charge < -0.3 is 10.2 Å². The molecule has 0 saturated carbocycles. The van der Waals surface area contributed by atoms with Crippen LogP contribution >= 0.6 is 0 Å². The third kappa shape index (κ3) is 5.03. The van der Waals surface area contributed by atoms with Crippen molar-refractivity contribution in [3.8, 4) is 0 Å². The van der Waals surface area contributed by atoms with Crippen molar-refractivity contribution in [1.29, 1.82) is 0 Å². The Bertz CT molecular complexity index is 1190. The van der Waals surface area contributed by atoms with Crippen LogP contribution < -0.4 is 10.2 Å². The van der Waals surface area contributed by atoms with Crippen LogP contribution in [0.3, 0.4) is 0 Å². The van der Waals surface area contributed by atoms with E-state index >= 15 is 0 Å². The van der Waals surface area contributed by atoms with E-state index in [4.69, 9.17) is 0 Å². The summed E-state index contributed by atoms with van der Waals surface area (Å²) in [6, 6.07) is 13.2. The van der Waals surface area contributed by atoms with Gasteiger partial charge in [0.1, 0.15) is 0 Å². The first-order chi connectivity index (χ1) is 16.2. The molecular formula is C26H33N3O4S. The van der Waals surface area contributed by atoms with Crippen LogP contribution in [0.2, 0.25) is 0 Å². The van der Waals surface area contributed by atoms with Gasteiger partial charge in [-0.2, -0.15) is 4.31 Å². The number of sulfonamides is 1. The zero-order chi connectivity index (χ0) is 24.5. The molecular weight excluding hydrogens is 450 g/mol. The average molecular weight is 484 g/mol. The lowest BCUT2D eigenvalue weighted by Gasteiger charge is -2.31. The maximum atomic E-state index is 13.4. The number of rotatable bonds is 6. The molecule has 1 saturated heterocycles. The molecule has 7 nitrogen and oxygen atoms in total. The fraction of sp³-hybridized carbons (Fsp3) is 0.462. The highest BCUT2D eigenvalue weighted by Crippen LogP contribution is 2.35. The summed E-state index contributed by atoms with van der Waals surface area (Å²) in [4.78, 5) is 26.7. The molecule has 2 aliphatic heterocycles. The van der Waals surface area contributed by atoms with Crippen molar-refractivity contribution >= 4 is 27.5 Å². The number of nitrogens with one attached hydrogen (secondary N) is 1. The van der Waals surface area contributed by atoms with Crippen molar-refractivity contribution < 1.29 is 18.0 Å². The number of hydrogen-bond donors (Lipinski definition) is 1. The molecule has 0 aliphatic carbocycles. The maximum Gasteiger partial charge on any atom is 0.243 e. The molecule has 2 aromatic rings.